The lowest BCUT2D eigenvalue weighted by Gasteiger charge is -2.17. The van der Waals surface area contributed by atoms with Crippen LogP contribution in [0.2, 0.25) is 0 Å². The predicted molar refractivity (Wildman–Crippen MR) is 108 cm³/mol. The summed E-state index contributed by atoms with van der Waals surface area (Å²) in [5.41, 5.74) is 4.12. The second-order valence-corrected chi connectivity index (χ2v) is 7.48. The summed E-state index contributed by atoms with van der Waals surface area (Å²) in [5.74, 6) is 1.36. The number of hydrogen-bond acceptors (Lipinski definition) is 3. The van der Waals surface area contributed by atoms with E-state index in [1.165, 1.54) is 17.5 Å². The van der Waals surface area contributed by atoms with E-state index in [0.717, 1.165) is 30.8 Å². The summed E-state index contributed by atoms with van der Waals surface area (Å²) in [6.07, 6.45) is 1.18. The first-order chi connectivity index (χ1) is 13.1. The molecule has 4 rings (SSSR count). The third-order valence-corrected chi connectivity index (χ3v) is 5.53. The Morgan fingerprint density at radius 1 is 1.19 bits per heavy atom. The first-order valence-corrected chi connectivity index (χ1v) is 9.67. The molecule has 0 saturated carbocycles. The van der Waals surface area contributed by atoms with Gasteiger partial charge < -0.3 is 14.6 Å². The molecule has 1 aliphatic heterocycles. The molecule has 1 aromatic heterocycles. The predicted octanol–water partition coefficient (Wildman–Crippen LogP) is 4.27. The van der Waals surface area contributed by atoms with E-state index in [2.05, 4.69) is 41.4 Å². The topological polar surface area (TPSA) is 45.5 Å². The highest BCUT2D eigenvalue weighted by Gasteiger charge is 2.24. The Bertz CT molecular complexity index is 960. The van der Waals surface area contributed by atoms with Crippen molar-refractivity contribution in [3.8, 4) is 0 Å². The maximum atomic E-state index is 12.6. The van der Waals surface area contributed by atoms with Crippen molar-refractivity contribution in [2.24, 2.45) is 0 Å². The standard InChI is InChI=1S/C23H26N2O2/c1-16-6-3-4-8-20(16)19-10-12-25(15-19)13-11-24-23(26)21-9-5-7-18-14-17(2)27-22(18)21/h3-9,14,19H,10-13,15H2,1-2H3,(H,24,26). The number of likely N-dealkylation sites (tertiary alicyclic amines) is 1. The number of nitrogens with zero attached hydrogens (tertiary/aromatic N) is 1. The summed E-state index contributed by atoms with van der Waals surface area (Å²) < 4.78 is 5.70. The number of carbonyl (C=O) groups is 1. The van der Waals surface area contributed by atoms with E-state index in [-0.39, 0.29) is 5.91 Å². The van der Waals surface area contributed by atoms with Gasteiger partial charge in [-0.2, -0.15) is 0 Å². The van der Waals surface area contributed by atoms with Gasteiger partial charge in [0.25, 0.3) is 5.91 Å². The average Bonchev–Trinajstić information content (AvgIpc) is 3.27. The van der Waals surface area contributed by atoms with E-state index < -0.39 is 0 Å². The van der Waals surface area contributed by atoms with Gasteiger partial charge in [-0.15, -0.1) is 0 Å². The van der Waals surface area contributed by atoms with Crippen molar-refractivity contribution in [2.75, 3.05) is 26.2 Å². The van der Waals surface area contributed by atoms with E-state index in [1.54, 1.807) is 0 Å². The number of benzene rings is 2. The van der Waals surface area contributed by atoms with Crippen LogP contribution in [0.4, 0.5) is 0 Å². The van der Waals surface area contributed by atoms with Crippen LogP contribution in [0.5, 0.6) is 0 Å². The SMILES string of the molecule is Cc1cc2cccc(C(=O)NCCN3CCC(c4ccccc4C)C3)c2o1. The Kier molecular flexibility index (Phi) is 4.99. The molecule has 2 aromatic carbocycles. The van der Waals surface area contributed by atoms with Crippen molar-refractivity contribution in [1.29, 1.82) is 0 Å². The molecule has 140 valence electrons. The first kappa shape index (κ1) is 17.8. The van der Waals surface area contributed by atoms with E-state index >= 15 is 0 Å². The molecule has 1 atom stereocenters. The van der Waals surface area contributed by atoms with Gasteiger partial charge >= 0.3 is 0 Å². The van der Waals surface area contributed by atoms with Gasteiger partial charge in [0.15, 0.2) is 0 Å². The number of para-hydroxylation sites is 1. The lowest BCUT2D eigenvalue weighted by Crippen LogP contribution is -2.33. The van der Waals surface area contributed by atoms with Gasteiger partial charge in [-0.05, 0) is 56.0 Å². The summed E-state index contributed by atoms with van der Waals surface area (Å²) in [7, 11) is 0. The molecule has 4 heteroatoms. The molecule has 1 unspecified atom stereocenters. The summed E-state index contributed by atoms with van der Waals surface area (Å²) in [5, 5.41) is 4.03. The molecule has 3 aromatic rings. The van der Waals surface area contributed by atoms with Crippen molar-refractivity contribution in [2.45, 2.75) is 26.2 Å². The molecule has 27 heavy (non-hydrogen) atoms. The van der Waals surface area contributed by atoms with Crippen LogP contribution in [0, 0.1) is 13.8 Å². The number of amides is 1. The minimum absolute atomic E-state index is 0.0652. The maximum Gasteiger partial charge on any atom is 0.255 e. The van der Waals surface area contributed by atoms with Crippen molar-refractivity contribution in [3.05, 3.63) is 71.0 Å². The van der Waals surface area contributed by atoms with E-state index in [4.69, 9.17) is 4.42 Å². The summed E-state index contributed by atoms with van der Waals surface area (Å²) in [4.78, 5) is 15.0. The molecule has 1 aliphatic rings. The van der Waals surface area contributed by atoms with Crippen molar-refractivity contribution in [3.63, 3.8) is 0 Å². The molecule has 2 heterocycles. The summed E-state index contributed by atoms with van der Waals surface area (Å²) >= 11 is 0. The molecule has 0 radical (unpaired) electrons. The first-order valence-electron chi connectivity index (χ1n) is 9.67. The molecule has 4 nitrogen and oxygen atoms in total. The minimum Gasteiger partial charge on any atom is -0.461 e. The Labute approximate surface area is 160 Å². The average molecular weight is 362 g/mol. The zero-order valence-corrected chi connectivity index (χ0v) is 16.0. The van der Waals surface area contributed by atoms with Crippen molar-refractivity contribution >= 4 is 16.9 Å². The highest BCUT2D eigenvalue weighted by Crippen LogP contribution is 2.29. The number of aryl methyl sites for hydroxylation is 2. The smallest absolute Gasteiger partial charge is 0.255 e. The second kappa shape index (κ2) is 7.57. The van der Waals surface area contributed by atoms with Crippen LogP contribution in [0.3, 0.4) is 0 Å². The molecule has 1 N–H and O–H groups in total. The number of nitrogens with one attached hydrogen (secondary N) is 1. The van der Waals surface area contributed by atoms with Crippen LogP contribution < -0.4 is 5.32 Å². The van der Waals surface area contributed by atoms with E-state index in [9.17, 15) is 4.79 Å². The molecular weight excluding hydrogens is 336 g/mol. The van der Waals surface area contributed by atoms with Crippen molar-refractivity contribution < 1.29 is 9.21 Å². The quantitative estimate of drug-likeness (QED) is 0.737. The van der Waals surface area contributed by atoms with Gasteiger partial charge in [0.2, 0.25) is 0 Å². The fourth-order valence-electron chi connectivity index (χ4n) is 4.13. The Morgan fingerprint density at radius 3 is 2.89 bits per heavy atom. The zero-order valence-electron chi connectivity index (χ0n) is 16.0. The number of fused-ring (bicyclic) bond motifs is 1. The van der Waals surface area contributed by atoms with Crippen LogP contribution in [0.1, 0.15) is 39.6 Å². The lowest BCUT2D eigenvalue weighted by molar-refractivity contribution is 0.0950. The molecule has 0 spiro atoms. The second-order valence-electron chi connectivity index (χ2n) is 7.48. The van der Waals surface area contributed by atoms with Gasteiger partial charge in [0.1, 0.15) is 11.3 Å². The van der Waals surface area contributed by atoms with Crippen LogP contribution in [0.15, 0.2) is 52.9 Å². The van der Waals surface area contributed by atoms with Crippen molar-refractivity contribution in [1.82, 2.24) is 10.2 Å². The number of rotatable bonds is 5. The number of hydrogen-bond donors (Lipinski definition) is 1. The highest BCUT2D eigenvalue weighted by atomic mass is 16.3. The van der Waals surface area contributed by atoms with Crippen LogP contribution >= 0.6 is 0 Å². The third-order valence-electron chi connectivity index (χ3n) is 5.53. The van der Waals surface area contributed by atoms with Gasteiger partial charge in [0.05, 0.1) is 5.56 Å². The van der Waals surface area contributed by atoms with Crippen LogP contribution in [0.25, 0.3) is 11.0 Å². The van der Waals surface area contributed by atoms with E-state index in [0.29, 0.717) is 23.6 Å². The zero-order chi connectivity index (χ0) is 18.8. The lowest BCUT2D eigenvalue weighted by atomic mass is 9.94. The van der Waals surface area contributed by atoms with Crippen LogP contribution in [-0.4, -0.2) is 37.0 Å². The molecule has 0 bridgehead atoms. The molecule has 1 amide bonds. The number of carbonyl (C=O) groups excluding carboxylic acids is 1. The normalized spacial score (nSPS) is 17.5. The van der Waals surface area contributed by atoms with Gasteiger partial charge in [-0.1, -0.05) is 36.4 Å². The minimum atomic E-state index is -0.0652. The van der Waals surface area contributed by atoms with Gasteiger partial charge in [0, 0.05) is 25.0 Å². The van der Waals surface area contributed by atoms with Crippen LogP contribution in [-0.2, 0) is 0 Å². The summed E-state index contributed by atoms with van der Waals surface area (Å²) in [6, 6.07) is 16.3. The molecular formula is C23H26N2O2. The molecule has 1 fully saturated rings. The third kappa shape index (κ3) is 3.76. The Balaban J connectivity index is 1.32. The fraction of sp³-hybridized carbons (Fsp3) is 0.348. The van der Waals surface area contributed by atoms with Gasteiger partial charge in [-0.3, -0.25) is 4.79 Å². The Morgan fingerprint density at radius 2 is 2.04 bits per heavy atom. The summed E-state index contributed by atoms with van der Waals surface area (Å²) in [6.45, 7) is 7.77. The molecule has 1 saturated heterocycles. The molecule has 0 aliphatic carbocycles. The Hall–Kier alpha value is -2.59. The number of furan rings is 1. The largest absolute Gasteiger partial charge is 0.461 e. The van der Waals surface area contributed by atoms with Gasteiger partial charge in [-0.25, -0.2) is 0 Å². The van der Waals surface area contributed by atoms with E-state index in [1.807, 2.05) is 31.2 Å². The maximum absolute atomic E-state index is 12.6. The monoisotopic (exact) mass is 362 g/mol. The highest BCUT2D eigenvalue weighted by molar-refractivity contribution is 6.04. The fourth-order valence-corrected chi connectivity index (χ4v) is 4.13.